The minimum atomic E-state index is -3.17. The topological polar surface area (TPSA) is 89.3 Å². The number of ether oxygens (including phenoxy) is 1. The summed E-state index contributed by atoms with van der Waals surface area (Å²) in [6.07, 6.45) is 1.31. The molecule has 7 nitrogen and oxygen atoms in total. The zero-order valence-corrected chi connectivity index (χ0v) is 18.3. The van der Waals surface area contributed by atoms with E-state index in [-0.39, 0.29) is 11.4 Å². The van der Waals surface area contributed by atoms with Gasteiger partial charge in [-0.25, -0.2) is 19.2 Å². The number of aromatic nitrogens is 3. The molecular formula is C24H21F3N4O3. The number of rotatable bonds is 8. The Bertz CT molecular complexity index is 1370. The summed E-state index contributed by atoms with van der Waals surface area (Å²) in [6.45, 7) is 1.70. The van der Waals surface area contributed by atoms with Gasteiger partial charge in [-0.15, -0.1) is 0 Å². The number of hydrogen-bond donors (Lipinski definition) is 2. The monoisotopic (exact) mass is 470 g/mol. The molecule has 0 radical (unpaired) electrons. The molecule has 2 heterocycles. The number of fused-ring (bicyclic) bond motifs is 1. The van der Waals surface area contributed by atoms with Gasteiger partial charge in [-0.05, 0) is 49.7 Å². The van der Waals surface area contributed by atoms with E-state index in [1.807, 2.05) is 24.5 Å². The molecule has 4 rings (SSSR count). The Morgan fingerprint density at radius 2 is 1.94 bits per heavy atom. The van der Waals surface area contributed by atoms with Crippen LogP contribution in [0.4, 0.5) is 19.0 Å². The lowest BCUT2D eigenvalue weighted by molar-refractivity contribution is -0.0503. The van der Waals surface area contributed by atoms with Crippen molar-refractivity contribution in [3.8, 4) is 17.0 Å². The summed E-state index contributed by atoms with van der Waals surface area (Å²) in [5, 5.41) is 13.4. The number of anilines is 1. The molecule has 0 aliphatic heterocycles. The number of carboxylic acids is 1. The normalized spacial score (nSPS) is 11.2. The summed E-state index contributed by atoms with van der Waals surface area (Å²) < 4.78 is 45.7. The van der Waals surface area contributed by atoms with Crippen LogP contribution in [0.2, 0.25) is 0 Å². The van der Waals surface area contributed by atoms with E-state index in [0.717, 1.165) is 22.2 Å². The fourth-order valence-corrected chi connectivity index (χ4v) is 3.88. The first kappa shape index (κ1) is 23.1. The van der Waals surface area contributed by atoms with Gasteiger partial charge in [-0.3, -0.25) is 0 Å². The van der Waals surface area contributed by atoms with Crippen LogP contribution in [0.3, 0.4) is 0 Å². The third-order valence-electron chi connectivity index (χ3n) is 5.43. The van der Waals surface area contributed by atoms with Gasteiger partial charge in [0.15, 0.2) is 0 Å². The highest BCUT2D eigenvalue weighted by molar-refractivity contribution is 5.92. The number of benzene rings is 2. The summed E-state index contributed by atoms with van der Waals surface area (Å²) in [5.41, 5.74) is 3.09. The minimum absolute atomic E-state index is 0.290. The van der Waals surface area contributed by atoms with Crippen molar-refractivity contribution >= 4 is 22.7 Å². The summed E-state index contributed by atoms with van der Waals surface area (Å²) in [6, 6.07) is 10.5. The SMILES string of the molecule is Cc1cc(F)cc2c1cc(C)n2CCNc1cc(-c2ccc(C(=O)O)c(OC(F)F)c2)ncn1. The van der Waals surface area contributed by atoms with Gasteiger partial charge < -0.3 is 19.7 Å². The molecule has 2 aromatic heterocycles. The maximum Gasteiger partial charge on any atom is 0.387 e. The maximum absolute atomic E-state index is 13.9. The molecule has 0 bridgehead atoms. The van der Waals surface area contributed by atoms with Crippen molar-refractivity contribution in [1.82, 2.24) is 14.5 Å². The van der Waals surface area contributed by atoms with Crippen molar-refractivity contribution in [1.29, 1.82) is 0 Å². The fraction of sp³-hybridized carbons (Fsp3) is 0.208. The number of carbonyl (C=O) groups is 1. The first-order valence-electron chi connectivity index (χ1n) is 10.4. The molecule has 176 valence electrons. The Kier molecular flexibility index (Phi) is 6.40. The second-order valence-corrected chi connectivity index (χ2v) is 7.70. The predicted molar refractivity (Wildman–Crippen MR) is 121 cm³/mol. The van der Waals surface area contributed by atoms with Crippen LogP contribution in [0.25, 0.3) is 22.2 Å². The first-order chi connectivity index (χ1) is 16.2. The zero-order valence-electron chi connectivity index (χ0n) is 18.3. The van der Waals surface area contributed by atoms with Crippen molar-refractivity contribution in [2.45, 2.75) is 27.0 Å². The number of hydrogen-bond acceptors (Lipinski definition) is 5. The number of carboxylic acid groups (broad SMARTS) is 1. The number of nitrogens with one attached hydrogen (secondary N) is 1. The highest BCUT2D eigenvalue weighted by Gasteiger charge is 2.17. The smallest absolute Gasteiger partial charge is 0.387 e. The van der Waals surface area contributed by atoms with Crippen LogP contribution in [-0.2, 0) is 6.54 Å². The van der Waals surface area contributed by atoms with Gasteiger partial charge in [0, 0.05) is 35.8 Å². The predicted octanol–water partition coefficient (Wildman–Crippen LogP) is 5.27. The third-order valence-corrected chi connectivity index (χ3v) is 5.43. The molecule has 0 amide bonds. The molecule has 0 aliphatic carbocycles. The van der Waals surface area contributed by atoms with E-state index in [2.05, 4.69) is 20.0 Å². The quantitative estimate of drug-likeness (QED) is 0.365. The standard InChI is InChI=1S/C24H21F3N4O3/c1-13-7-16(25)10-20-18(13)8-14(2)31(20)6-5-28-22-11-19(29-12-30-22)15-3-4-17(23(32)33)21(9-15)34-24(26)27/h3-4,7-12,24H,5-6H2,1-2H3,(H,32,33)(H,28,29,30). The molecule has 2 N–H and O–H groups in total. The van der Waals surface area contributed by atoms with E-state index in [1.54, 1.807) is 6.07 Å². The molecule has 0 unspecified atom stereocenters. The lowest BCUT2D eigenvalue weighted by Crippen LogP contribution is -2.12. The van der Waals surface area contributed by atoms with Crippen molar-refractivity contribution in [2.24, 2.45) is 0 Å². The van der Waals surface area contributed by atoms with Crippen LogP contribution in [0.1, 0.15) is 21.6 Å². The second-order valence-electron chi connectivity index (χ2n) is 7.70. The van der Waals surface area contributed by atoms with Crippen molar-refractivity contribution in [3.05, 3.63) is 71.4 Å². The van der Waals surface area contributed by atoms with E-state index in [0.29, 0.717) is 30.2 Å². The van der Waals surface area contributed by atoms with Crippen LogP contribution in [-0.4, -0.2) is 38.8 Å². The Morgan fingerprint density at radius 3 is 2.68 bits per heavy atom. The third kappa shape index (κ3) is 4.80. The van der Waals surface area contributed by atoms with Gasteiger partial charge in [0.25, 0.3) is 0 Å². The molecule has 0 spiro atoms. The highest BCUT2D eigenvalue weighted by Crippen LogP contribution is 2.29. The van der Waals surface area contributed by atoms with E-state index in [1.165, 1.54) is 36.7 Å². The average Bonchev–Trinajstić information content (AvgIpc) is 3.09. The van der Waals surface area contributed by atoms with Gasteiger partial charge in [0.05, 0.1) is 11.2 Å². The number of aryl methyl sites for hydroxylation is 2. The lowest BCUT2D eigenvalue weighted by Gasteiger charge is -2.12. The van der Waals surface area contributed by atoms with Crippen LogP contribution < -0.4 is 10.1 Å². The van der Waals surface area contributed by atoms with Crippen molar-refractivity contribution < 1.29 is 27.8 Å². The van der Waals surface area contributed by atoms with Gasteiger partial charge >= 0.3 is 12.6 Å². The molecule has 0 aliphatic rings. The molecule has 0 atom stereocenters. The molecule has 34 heavy (non-hydrogen) atoms. The average molecular weight is 470 g/mol. The summed E-state index contributed by atoms with van der Waals surface area (Å²) in [4.78, 5) is 19.6. The minimum Gasteiger partial charge on any atom is -0.478 e. The first-order valence-corrected chi connectivity index (χ1v) is 10.4. The summed E-state index contributed by atoms with van der Waals surface area (Å²) in [5.74, 6) is -1.64. The second kappa shape index (κ2) is 9.42. The number of alkyl halides is 2. The maximum atomic E-state index is 13.9. The van der Waals surface area contributed by atoms with Crippen molar-refractivity contribution in [2.75, 3.05) is 11.9 Å². The molecule has 0 fully saturated rings. The molecule has 4 aromatic rings. The van der Waals surface area contributed by atoms with E-state index < -0.39 is 18.3 Å². The van der Waals surface area contributed by atoms with Gasteiger partial charge in [0.2, 0.25) is 0 Å². The fourth-order valence-electron chi connectivity index (χ4n) is 3.88. The Labute approximate surface area is 192 Å². The Hall–Kier alpha value is -4.08. The van der Waals surface area contributed by atoms with Gasteiger partial charge in [-0.1, -0.05) is 6.07 Å². The molecule has 10 heteroatoms. The van der Waals surface area contributed by atoms with Crippen LogP contribution >= 0.6 is 0 Å². The van der Waals surface area contributed by atoms with Crippen LogP contribution in [0, 0.1) is 19.7 Å². The summed E-state index contributed by atoms with van der Waals surface area (Å²) in [7, 11) is 0. The Balaban J connectivity index is 1.53. The zero-order chi connectivity index (χ0) is 24.4. The summed E-state index contributed by atoms with van der Waals surface area (Å²) >= 11 is 0. The van der Waals surface area contributed by atoms with Crippen molar-refractivity contribution in [3.63, 3.8) is 0 Å². The van der Waals surface area contributed by atoms with E-state index >= 15 is 0 Å². The number of halogens is 3. The highest BCUT2D eigenvalue weighted by atomic mass is 19.3. The van der Waals surface area contributed by atoms with E-state index in [4.69, 9.17) is 0 Å². The molecule has 0 saturated heterocycles. The molecule has 2 aromatic carbocycles. The molecule has 0 saturated carbocycles. The lowest BCUT2D eigenvalue weighted by atomic mass is 10.1. The van der Waals surface area contributed by atoms with E-state index in [9.17, 15) is 23.1 Å². The van der Waals surface area contributed by atoms with Crippen LogP contribution in [0.5, 0.6) is 5.75 Å². The number of nitrogens with zero attached hydrogens (tertiary/aromatic N) is 3. The molecular weight excluding hydrogens is 449 g/mol. The van der Waals surface area contributed by atoms with Gasteiger partial charge in [-0.2, -0.15) is 8.78 Å². The largest absolute Gasteiger partial charge is 0.478 e. The Morgan fingerprint density at radius 1 is 1.15 bits per heavy atom. The van der Waals surface area contributed by atoms with Gasteiger partial charge in [0.1, 0.15) is 29.3 Å². The van der Waals surface area contributed by atoms with Crippen LogP contribution in [0.15, 0.2) is 48.8 Å². The number of aromatic carboxylic acids is 1.